The van der Waals surface area contributed by atoms with Crippen molar-refractivity contribution in [3.05, 3.63) is 65.7 Å². The zero-order valence-corrected chi connectivity index (χ0v) is 12.0. The predicted octanol–water partition coefficient (Wildman–Crippen LogP) is 4.14. The third-order valence-corrected chi connectivity index (χ3v) is 3.33. The topological polar surface area (TPSA) is 29.5 Å². The molecule has 0 amide bonds. The highest BCUT2D eigenvalue weighted by Crippen LogP contribution is 2.17. The standard InChI is InChI=1S/C18H22O2/c1-15(19)17-10-12-18(13-11-17)20-14-6-5-9-16-7-3-2-4-8-16/h2-4,7-8,10-13,15,19H,5-6,9,14H2,1H3. The average molecular weight is 270 g/mol. The number of aryl methyl sites for hydroxylation is 1. The van der Waals surface area contributed by atoms with Crippen LogP contribution in [-0.2, 0) is 6.42 Å². The lowest BCUT2D eigenvalue weighted by molar-refractivity contribution is 0.199. The monoisotopic (exact) mass is 270 g/mol. The molecule has 1 N–H and O–H groups in total. The van der Waals surface area contributed by atoms with Crippen molar-refractivity contribution in [1.29, 1.82) is 0 Å². The van der Waals surface area contributed by atoms with Crippen molar-refractivity contribution in [1.82, 2.24) is 0 Å². The summed E-state index contributed by atoms with van der Waals surface area (Å²) in [5, 5.41) is 9.43. The molecule has 2 aromatic rings. The van der Waals surface area contributed by atoms with Crippen LogP contribution >= 0.6 is 0 Å². The SMILES string of the molecule is CC(O)c1ccc(OCCCCc2ccccc2)cc1. The lowest BCUT2D eigenvalue weighted by Gasteiger charge is -2.08. The van der Waals surface area contributed by atoms with Crippen molar-refractivity contribution in [2.24, 2.45) is 0 Å². The summed E-state index contributed by atoms with van der Waals surface area (Å²) < 4.78 is 5.70. The van der Waals surface area contributed by atoms with E-state index in [1.807, 2.05) is 30.3 Å². The Bertz CT molecular complexity index is 489. The molecule has 2 aromatic carbocycles. The van der Waals surface area contributed by atoms with E-state index in [4.69, 9.17) is 4.74 Å². The first-order valence-corrected chi connectivity index (χ1v) is 7.20. The molecular formula is C18H22O2. The molecule has 2 rings (SSSR count). The number of hydrogen-bond acceptors (Lipinski definition) is 2. The van der Waals surface area contributed by atoms with Crippen molar-refractivity contribution >= 4 is 0 Å². The Morgan fingerprint density at radius 2 is 1.65 bits per heavy atom. The number of ether oxygens (including phenoxy) is 1. The van der Waals surface area contributed by atoms with Crippen LogP contribution in [0.15, 0.2) is 54.6 Å². The predicted molar refractivity (Wildman–Crippen MR) is 82.0 cm³/mol. The fourth-order valence-corrected chi connectivity index (χ4v) is 2.11. The van der Waals surface area contributed by atoms with Crippen LogP contribution in [0.5, 0.6) is 5.75 Å². The smallest absolute Gasteiger partial charge is 0.119 e. The third-order valence-electron chi connectivity index (χ3n) is 3.33. The molecule has 2 heteroatoms. The van der Waals surface area contributed by atoms with Crippen LogP contribution in [0, 0.1) is 0 Å². The zero-order chi connectivity index (χ0) is 14.2. The number of rotatable bonds is 7. The van der Waals surface area contributed by atoms with Gasteiger partial charge in [-0.2, -0.15) is 0 Å². The minimum atomic E-state index is -0.421. The highest BCUT2D eigenvalue weighted by atomic mass is 16.5. The van der Waals surface area contributed by atoms with E-state index in [-0.39, 0.29) is 0 Å². The normalized spacial score (nSPS) is 12.1. The first-order valence-electron chi connectivity index (χ1n) is 7.20. The van der Waals surface area contributed by atoms with Gasteiger partial charge in [0, 0.05) is 0 Å². The summed E-state index contributed by atoms with van der Waals surface area (Å²) in [6.45, 7) is 2.50. The molecule has 0 aliphatic heterocycles. The Kier molecular flexibility index (Phi) is 5.63. The molecule has 106 valence electrons. The van der Waals surface area contributed by atoms with Gasteiger partial charge in [0.25, 0.3) is 0 Å². The van der Waals surface area contributed by atoms with Gasteiger partial charge in [-0.25, -0.2) is 0 Å². The second-order valence-electron chi connectivity index (χ2n) is 5.04. The van der Waals surface area contributed by atoms with E-state index in [0.29, 0.717) is 0 Å². The molecule has 1 atom stereocenters. The summed E-state index contributed by atoms with van der Waals surface area (Å²) in [4.78, 5) is 0. The number of aliphatic hydroxyl groups is 1. The molecule has 2 nitrogen and oxygen atoms in total. The Labute approximate surface area is 121 Å². The van der Waals surface area contributed by atoms with Gasteiger partial charge in [-0.3, -0.25) is 0 Å². The lowest BCUT2D eigenvalue weighted by atomic mass is 10.1. The van der Waals surface area contributed by atoms with Crippen molar-refractivity contribution in [3.63, 3.8) is 0 Å². The summed E-state index contributed by atoms with van der Waals surface area (Å²) in [5.74, 6) is 0.870. The van der Waals surface area contributed by atoms with Gasteiger partial charge in [-0.1, -0.05) is 42.5 Å². The first kappa shape index (κ1) is 14.6. The third kappa shape index (κ3) is 4.71. The molecule has 0 bridgehead atoms. The van der Waals surface area contributed by atoms with Crippen LogP contribution in [0.4, 0.5) is 0 Å². The molecule has 1 unspecified atom stereocenters. The summed E-state index contributed by atoms with van der Waals surface area (Å²) >= 11 is 0. The molecule has 0 spiro atoms. The van der Waals surface area contributed by atoms with E-state index in [1.54, 1.807) is 6.92 Å². The van der Waals surface area contributed by atoms with Gasteiger partial charge in [0.1, 0.15) is 5.75 Å². The van der Waals surface area contributed by atoms with E-state index in [9.17, 15) is 5.11 Å². The molecular weight excluding hydrogens is 248 g/mol. The summed E-state index contributed by atoms with van der Waals surface area (Å²) in [6.07, 6.45) is 2.86. The maximum atomic E-state index is 9.43. The van der Waals surface area contributed by atoms with Crippen molar-refractivity contribution in [3.8, 4) is 5.75 Å². The molecule has 0 radical (unpaired) electrons. The quantitative estimate of drug-likeness (QED) is 0.766. The van der Waals surface area contributed by atoms with Crippen molar-refractivity contribution in [2.45, 2.75) is 32.3 Å². The molecule has 0 aromatic heterocycles. The zero-order valence-electron chi connectivity index (χ0n) is 12.0. The summed E-state index contributed by atoms with van der Waals surface area (Å²) in [6, 6.07) is 18.2. The van der Waals surface area contributed by atoms with Crippen LogP contribution in [0.25, 0.3) is 0 Å². The van der Waals surface area contributed by atoms with Crippen LogP contribution < -0.4 is 4.74 Å². The Balaban J connectivity index is 1.66. The van der Waals surface area contributed by atoms with Crippen LogP contribution in [0.2, 0.25) is 0 Å². The fourth-order valence-electron chi connectivity index (χ4n) is 2.11. The maximum absolute atomic E-state index is 9.43. The van der Waals surface area contributed by atoms with Gasteiger partial charge >= 0.3 is 0 Å². The van der Waals surface area contributed by atoms with E-state index in [1.165, 1.54) is 5.56 Å². The Hall–Kier alpha value is -1.80. The highest BCUT2D eigenvalue weighted by molar-refractivity contribution is 5.28. The second kappa shape index (κ2) is 7.71. The molecule has 0 saturated carbocycles. The number of unbranched alkanes of at least 4 members (excludes halogenated alkanes) is 1. The highest BCUT2D eigenvalue weighted by Gasteiger charge is 2.00. The van der Waals surface area contributed by atoms with Gasteiger partial charge in [-0.05, 0) is 49.4 Å². The molecule has 0 aliphatic rings. The van der Waals surface area contributed by atoms with Gasteiger partial charge in [-0.15, -0.1) is 0 Å². The van der Waals surface area contributed by atoms with Gasteiger partial charge in [0.05, 0.1) is 12.7 Å². The van der Waals surface area contributed by atoms with E-state index >= 15 is 0 Å². The molecule has 0 aliphatic carbocycles. The average Bonchev–Trinajstić information content (AvgIpc) is 2.48. The van der Waals surface area contributed by atoms with Crippen LogP contribution in [0.1, 0.15) is 37.0 Å². The molecule has 0 heterocycles. The van der Waals surface area contributed by atoms with Gasteiger partial charge in [0.15, 0.2) is 0 Å². The van der Waals surface area contributed by atoms with Crippen LogP contribution in [0.3, 0.4) is 0 Å². The fraction of sp³-hybridized carbons (Fsp3) is 0.333. The molecule has 0 saturated heterocycles. The van der Waals surface area contributed by atoms with E-state index in [0.717, 1.165) is 37.2 Å². The largest absolute Gasteiger partial charge is 0.494 e. The van der Waals surface area contributed by atoms with Crippen molar-refractivity contribution < 1.29 is 9.84 Å². The molecule has 20 heavy (non-hydrogen) atoms. The number of benzene rings is 2. The first-order chi connectivity index (χ1) is 9.75. The Morgan fingerprint density at radius 1 is 0.950 bits per heavy atom. The summed E-state index contributed by atoms with van der Waals surface area (Å²) in [7, 11) is 0. The number of aliphatic hydroxyl groups excluding tert-OH is 1. The number of hydrogen-bond donors (Lipinski definition) is 1. The van der Waals surface area contributed by atoms with E-state index in [2.05, 4.69) is 24.3 Å². The minimum absolute atomic E-state index is 0.421. The van der Waals surface area contributed by atoms with Gasteiger partial charge < -0.3 is 9.84 Å². The van der Waals surface area contributed by atoms with E-state index < -0.39 is 6.10 Å². The lowest BCUT2D eigenvalue weighted by Crippen LogP contribution is -1.99. The second-order valence-corrected chi connectivity index (χ2v) is 5.04. The van der Waals surface area contributed by atoms with Crippen molar-refractivity contribution in [2.75, 3.05) is 6.61 Å². The summed E-state index contributed by atoms with van der Waals surface area (Å²) in [5.41, 5.74) is 2.30. The Morgan fingerprint density at radius 3 is 2.30 bits per heavy atom. The van der Waals surface area contributed by atoms with Crippen LogP contribution in [-0.4, -0.2) is 11.7 Å². The molecule has 0 fully saturated rings. The minimum Gasteiger partial charge on any atom is -0.494 e. The maximum Gasteiger partial charge on any atom is 0.119 e. The van der Waals surface area contributed by atoms with Gasteiger partial charge in [0.2, 0.25) is 0 Å².